The predicted octanol–water partition coefficient (Wildman–Crippen LogP) is 5.29. The average Bonchev–Trinajstić information content (AvgIpc) is 2.41. The molecule has 0 aliphatic heterocycles. The second-order valence-electron chi connectivity index (χ2n) is 5.41. The van der Waals surface area contributed by atoms with Crippen LogP contribution >= 0.6 is 0 Å². The minimum atomic E-state index is -6.77. The standard InChI is InChI=1S/C15H11F9O2/c1-2-6-25-9-5-3-4-8-7-10(11(8)9)26-12(13(16,17)18,14(19,20)21)15(22,23)24/h2-5,10H,1,6-7H2. The summed E-state index contributed by atoms with van der Waals surface area (Å²) in [6.45, 7) is 3.17. The Labute approximate surface area is 141 Å². The highest BCUT2D eigenvalue weighted by atomic mass is 19.4. The van der Waals surface area contributed by atoms with Crippen LogP contribution in [-0.4, -0.2) is 30.7 Å². The zero-order valence-corrected chi connectivity index (χ0v) is 12.7. The molecule has 2 nitrogen and oxygen atoms in total. The largest absolute Gasteiger partial charge is 0.489 e. The van der Waals surface area contributed by atoms with Crippen molar-refractivity contribution in [3.8, 4) is 5.75 Å². The van der Waals surface area contributed by atoms with Crippen LogP contribution in [0.4, 0.5) is 39.5 Å². The molecule has 146 valence electrons. The van der Waals surface area contributed by atoms with Crippen LogP contribution in [0.15, 0.2) is 30.9 Å². The SMILES string of the molecule is C=CCOc1cccc2c1C(OC(C(F)(F)F)(C(F)(F)F)C(F)(F)F)C2. The van der Waals surface area contributed by atoms with E-state index in [1.54, 1.807) is 0 Å². The normalized spacial score (nSPS) is 18.1. The summed E-state index contributed by atoms with van der Waals surface area (Å²) in [5, 5.41) is 0. The van der Waals surface area contributed by atoms with Crippen molar-refractivity contribution in [3.05, 3.63) is 42.0 Å². The van der Waals surface area contributed by atoms with Gasteiger partial charge in [0, 0.05) is 12.0 Å². The smallest absolute Gasteiger partial charge is 0.435 e. The summed E-state index contributed by atoms with van der Waals surface area (Å²) in [6.07, 6.45) is -21.7. The van der Waals surface area contributed by atoms with Crippen LogP contribution in [0, 0.1) is 0 Å². The van der Waals surface area contributed by atoms with Crippen molar-refractivity contribution in [1.82, 2.24) is 0 Å². The van der Waals surface area contributed by atoms with E-state index in [0.717, 1.165) is 0 Å². The molecule has 0 fully saturated rings. The molecule has 0 heterocycles. The maximum Gasteiger partial charge on any atom is 0.435 e. The Kier molecular flexibility index (Phi) is 4.99. The highest BCUT2D eigenvalue weighted by Gasteiger charge is 2.86. The number of halogens is 9. The van der Waals surface area contributed by atoms with Gasteiger partial charge in [0.25, 0.3) is 0 Å². The van der Waals surface area contributed by atoms with Gasteiger partial charge < -0.3 is 9.47 Å². The molecule has 1 aliphatic carbocycles. The number of hydrogen-bond donors (Lipinski definition) is 0. The molecular weight excluding hydrogens is 383 g/mol. The van der Waals surface area contributed by atoms with E-state index >= 15 is 0 Å². The minimum Gasteiger partial charge on any atom is -0.489 e. The van der Waals surface area contributed by atoms with Crippen LogP contribution in [0.25, 0.3) is 0 Å². The second kappa shape index (κ2) is 6.36. The lowest BCUT2D eigenvalue weighted by molar-refractivity contribution is -0.466. The Morgan fingerprint density at radius 1 is 0.962 bits per heavy atom. The lowest BCUT2D eigenvalue weighted by Gasteiger charge is -2.43. The Hall–Kier alpha value is -1.91. The molecule has 26 heavy (non-hydrogen) atoms. The Bertz CT molecular complexity index is 637. The summed E-state index contributed by atoms with van der Waals surface area (Å²) >= 11 is 0. The Morgan fingerprint density at radius 2 is 1.50 bits per heavy atom. The van der Waals surface area contributed by atoms with E-state index in [1.807, 2.05) is 0 Å². The lowest BCUT2D eigenvalue weighted by atomic mass is 9.83. The van der Waals surface area contributed by atoms with Gasteiger partial charge in [0.2, 0.25) is 0 Å². The first-order chi connectivity index (χ1) is 11.8. The highest BCUT2D eigenvalue weighted by molar-refractivity contribution is 5.49. The molecule has 0 aromatic heterocycles. The fourth-order valence-electron chi connectivity index (χ4n) is 2.57. The summed E-state index contributed by atoms with van der Waals surface area (Å²) in [6, 6.07) is 3.94. The van der Waals surface area contributed by atoms with E-state index in [9.17, 15) is 39.5 Å². The van der Waals surface area contributed by atoms with Crippen LogP contribution in [0.2, 0.25) is 0 Å². The van der Waals surface area contributed by atoms with E-state index in [1.165, 1.54) is 24.3 Å². The molecule has 1 aromatic carbocycles. The summed E-state index contributed by atoms with van der Waals surface area (Å²) < 4.78 is 125. The van der Waals surface area contributed by atoms with Crippen LogP contribution in [-0.2, 0) is 11.2 Å². The summed E-state index contributed by atoms with van der Waals surface area (Å²) in [5.74, 6) is -0.168. The minimum absolute atomic E-state index is 0.147. The maximum atomic E-state index is 13.0. The third-order valence-corrected chi connectivity index (χ3v) is 3.76. The summed E-state index contributed by atoms with van der Waals surface area (Å²) in [7, 11) is 0. The van der Waals surface area contributed by atoms with Crippen molar-refractivity contribution in [1.29, 1.82) is 0 Å². The first kappa shape index (κ1) is 20.4. The van der Waals surface area contributed by atoms with Crippen molar-refractivity contribution in [3.63, 3.8) is 0 Å². The molecule has 1 aromatic rings. The number of alkyl halides is 9. The van der Waals surface area contributed by atoms with Gasteiger partial charge in [-0.2, -0.15) is 39.5 Å². The molecule has 0 radical (unpaired) electrons. The van der Waals surface area contributed by atoms with Gasteiger partial charge >= 0.3 is 24.1 Å². The fourth-order valence-corrected chi connectivity index (χ4v) is 2.57. The topological polar surface area (TPSA) is 18.5 Å². The zero-order valence-electron chi connectivity index (χ0n) is 12.7. The van der Waals surface area contributed by atoms with Crippen molar-refractivity contribution in [2.75, 3.05) is 6.61 Å². The first-order valence-corrected chi connectivity index (χ1v) is 6.99. The van der Waals surface area contributed by atoms with Crippen LogP contribution in [0.5, 0.6) is 5.75 Å². The average molecular weight is 394 g/mol. The van der Waals surface area contributed by atoms with Crippen LogP contribution in [0.1, 0.15) is 17.2 Å². The number of benzene rings is 1. The first-order valence-electron chi connectivity index (χ1n) is 6.99. The van der Waals surface area contributed by atoms with Gasteiger partial charge in [-0.15, -0.1) is 0 Å². The Morgan fingerprint density at radius 3 is 1.96 bits per heavy atom. The van der Waals surface area contributed by atoms with Gasteiger partial charge in [0.05, 0.1) is 6.10 Å². The Balaban J connectivity index is 2.49. The van der Waals surface area contributed by atoms with Crippen molar-refractivity contribution < 1.29 is 49.0 Å². The molecule has 0 spiro atoms. The van der Waals surface area contributed by atoms with Gasteiger partial charge in [-0.25, -0.2) is 0 Å². The van der Waals surface area contributed by atoms with Crippen molar-refractivity contribution in [2.45, 2.75) is 36.7 Å². The van der Waals surface area contributed by atoms with Crippen molar-refractivity contribution in [2.24, 2.45) is 0 Å². The summed E-state index contributed by atoms with van der Waals surface area (Å²) in [4.78, 5) is 0. The number of ether oxygens (including phenoxy) is 2. The predicted molar refractivity (Wildman–Crippen MR) is 70.6 cm³/mol. The van der Waals surface area contributed by atoms with E-state index < -0.39 is 36.7 Å². The third kappa shape index (κ3) is 3.12. The quantitative estimate of drug-likeness (QED) is 0.499. The fraction of sp³-hybridized carbons (Fsp3) is 0.467. The molecule has 0 saturated heterocycles. The van der Waals surface area contributed by atoms with E-state index in [4.69, 9.17) is 4.74 Å². The van der Waals surface area contributed by atoms with Gasteiger partial charge in [-0.1, -0.05) is 24.8 Å². The number of rotatable bonds is 5. The highest BCUT2D eigenvalue weighted by Crippen LogP contribution is 2.58. The number of fused-ring (bicyclic) bond motifs is 1. The molecule has 1 unspecified atom stereocenters. The monoisotopic (exact) mass is 394 g/mol. The molecule has 0 amide bonds. The van der Waals surface area contributed by atoms with Gasteiger partial charge in [-0.3, -0.25) is 0 Å². The van der Waals surface area contributed by atoms with Crippen LogP contribution < -0.4 is 4.74 Å². The van der Waals surface area contributed by atoms with E-state index in [-0.39, 0.29) is 23.5 Å². The zero-order chi connectivity index (χ0) is 20.0. The van der Waals surface area contributed by atoms with Gasteiger partial charge in [0.1, 0.15) is 12.4 Å². The molecule has 0 bridgehead atoms. The molecule has 2 rings (SSSR count). The van der Waals surface area contributed by atoms with Gasteiger partial charge in [0.15, 0.2) is 0 Å². The molecule has 0 N–H and O–H groups in total. The number of hydrogen-bond acceptors (Lipinski definition) is 2. The third-order valence-electron chi connectivity index (χ3n) is 3.76. The van der Waals surface area contributed by atoms with Gasteiger partial charge in [-0.05, 0) is 11.6 Å². The molecule has 1 atom stereocenters. The molecule has 11 heteroatoms. The molecular formula is C15H11F9O2. The van der Waals surface area contributed by atoms with E-state index in [2.05, 4.69) is 11.3 Å². The van der Waals surface area contributed by atoms with E-state index in [0.29, 0.717) is 0 Å². The van der Waals surface area contributed by atoms with Crippen molar-refractivity contribution >= 4 is 0 Å². The summed E-state index contributed by atoms with van der Waals surface area (Å²) in [5.41, 5.74) is -6.35. The second-order valence-corrected chi connectivity index (χ2v) is 5.41. The molecule has 0 saturated carbocycles. The maximum absolute atomic E-state index is 13.0. The molecule has 1 aliphatic rings. The lowest BCUT2D eigenvalue weighted by Crippen LogP contribution is -2.68. The van der Waals surface area contributed by atoms with Crippen LogP contribution in [0.3, 0.4) is 0 Å².